The van der Waals surface area contributed by atoms with E-state index < -0.39 is 0 Å². The first-order valence-corrected chi connectivity index (χ1v) is 17.1. The summed E-state index contributed by atoms with van der Waals surface area (Å²) in [6.45, 7) is 6.89. The second-order valence-electron chi connectivity index (χ2n) is 13.3. The number of benzene rings is 6. The van der Waals surface area contributed by atoms with Crippen molar-refractivity contribution in [2.75, 3.05) is 0 Å². The van der Waals surface area contributed by atoms with Crippen molar-refractivity contribution in [3.05, 3.63) is 145 Å². The molecule has 9 aromatic rings. The quantitative estimate of drug-likeness (QED) is 0.193. The van der Waals surface area contributed by atoms with Crippen molar-refractivity contribution < 1.29 is 0 Å². The predicted octanol–water partition coefficient (Wildman–Crippen LogP) is 11.6. The van der Waals surface area contributed by atoms with E-state index in [2.05, 4.69) is 128 Å². The van der Waals surface area contributed by atoms with Crippen molar-refractivity contribution in [2.45, 2.75) is 26.2 Å². The average molecular weight is 637 g/mol. The van der Waals surface area contributed by atoms with Gasteiger partial charge in [0.25, 0.3) is 0 Å². The normalized spacial score (nSPS) is 12.1. The SMILES string of the molecule is CC(C)(C)c1cccc2c1sc1ccc3c4cc(-c5ccccc5)ccc4n(-c4nc(-c5ccccc5)nc(-c5ccccc5)n4)c3c12. The highest BCUT2D eigenvalue weighted by molar-refractivity contribution is 7.26. The fourth-order valence-corrected chi connectivity index (χ4v) is 8.32. The molecule has 0 aliphatic rings. The van der Waals surface area contributed by atoms with E-state index in [0.717, 1.165) is 22.2 Å². The lowest BCUT2D eigenvalue weighted by molar-refractivity contribution is 0.597. The van der Waals surface area contributed by atoms with E-state index in [1.807, 2.05) is 47.7 Å². The van der Waals surface area contributed by atoms with Crippen LogP contribution in [0.4, 0.5) is 0 Å². The first-order chi connectivity index (χ1) is 23.4. The van der Waals surface area contributed by atoms with Gasteiger partial charge in [0.1, 0.15) is 0 Å². The van der Waals surface area contributed by atoms with E-state index in [0.29, 0.717) is 17.6 Å². The summed E-state index contributed by atoms with van der Waals surface area (Å²) in [5, 5.41) is 4.85. The lowest BCUT2D eigenvalue weighted by atomic mass is 9.86. The van der Waals surface area contributed by atoms with Gasteiger partial charge in [-0.25, -0.2) is 4.98 Å². The fourth-order valence-electron chi connectivity index (χ4n) is 6.89. The minimum atomic E-state index is 0.0141. The van der Waals surface area contributed by atoms with Crippen LogP contribution in [0.15, 0.2) is 140 Å². The zero-order valence-corrected chi connectivity index (χ0v) is 27.8. The molecule has 3 aromatic heterocycles. The molecule has 6 aromatic carbocycles. The van der Waals surface area contributed by atoms with Crippen LogP contribution in [0.2, 0.25) is 0 Å². The molecule has 4 nitrogen and oxygen atoms in total. The molecule has 5 heteroatoms. The van der Waals surface area contributed by atoms with E-state index in [1.165, 1.54) is 47.6 Å². The van der Waals surface area contributed by atoms with Crippen molar-refractivity contribution in [3.8, 4) is 39.9 Å². The van der Waals surface area contributed by atoms with Crippen LogP contribution in [0, 0.1) is 0 Å². The van der Waals surface area contributed by atoms with Gasteiger partial charge in [-0.1, -0.05) is 142 Å². The number of thiophene rings is 1. The fraction of sp³-hybridized carbons (Fsp3) is 0.0930. The Kier molecular flexibility index (Phi) is 6.53. The number of hydrogen-bond donors (Lipinski definition) is 0. The number of hydrogen-bond acceptors (Lipinski definition) is 4. The monoisotopic (exact) mass is 636 g/mol. The molecule has 0 unspecified atom stereocenters. The molecule has 9 rings (SSSR count). The van der Waals surface area contributed by atoms with Crippen molar-refractivity contribution >= 4 is 53.3 Å². The molecule has 230 valence electrons. The second kappa shape index (κ2) is 11.0. The smallest absolute Gasteiger partial charge is 0.238 e. The van der Waals surface area contributed by atoms with Gasteiger partial charge >= 0.3 is 0 Å². The number of nitrogens with zero attached hydrogens (tertiary/aromatic N) is 4. The van der Waals surface area contributed by atoms with Gasteiger partial charge in [-0.3, -0.25) is 4.57 Å². The van der Waals surface area contributed by atoms with Crippen LogP contribution in [0.25, 0.3) is 81.8 Å². The molecule has 48 heavy (non-hydrogen) atoms. The summed E-state index contributed by atoms with van der Waals surface area (Å²) >= 11 is 1.88. The third-order valence-electron chi connectivity index (χ3n) is 9.19. The molecule has 0 fully saturated rings. The molecular weight excluding hydrogens is 605 g/mol. The van der Waals surface area contributed by atoms with Crippen molar-refractivity contribution in [1.29, 1.82) is 0 Å². The maximum atomic E-state index is 5.22. The Bertz CT molecular complexity index is 2570. The van der Waals surface area contributed by atoms with Gasteiger partial charge < -0.3 is 0 Å². The summed E-state index contributed by atoms with van der Waals surface area (Å²) in [4.78, 5) is 15.5. The molecule has 3 heterocycles. The highest BCUT2D eigenvalue weighted by Crippen LogP contribution is 2.46. The molecule has 0 aliphatic carbocycles. The van der Waals surface area contributed by atoms with Crippen molar-refractivity contribution in [3.63, 3.8) is 0 Å². The molecule has 0 bridgehead atoms. The zero-order chi connectivity index (χ0) is 32.4. The largest absolute Gasteiger partial charge is 0.277 e. The third kappa shape index (κ3) is 4.62. The predicted molar refractivity (Wildman–Crippen MR) is 202 cm³/mol. The van der Waals surface area contributed by atoms with Crippen molar-refractivity contribution in [1.82, 2.24) is 19.5 Å². The van der Waals surface area contributed by atoms with E-state index >= 15 is 0 Å². The van der Waals surface area contributed by atoms with Gasteiger partial charge in [0.2, 0.25) is 5.95 Å². The maximum Gasteiger partial charge on any atom is 0.238 e. The lowest BCUT2D eigenvalue weighted by Crippen LogP contribution is -2.10. The Balaban J connectivity index is 1.44. The maximum absolute atomic E-state index is 5.22. The van der Waals surface area contributed by atoms with Crippen LogP contribution in [0.3, 0.4) is 0 Å². The van der Waals surface area contributed by atoms with Crippen LogP contribution >= 0.6 is 11.3 Å². The minimum absolute atomic E-state index is 0.0141. The Labute approximate surface area is 283 Å². The molecule has 0 amide bonds. The summed E-state index contributed by atoms with van der Waals surface area (Å²) in [7, 11) is 0. The van der Waals surface area contributed by atoms with Gasteiger partial charge in [0, 0.05) is 42.1 Å². The molecule has 0 N–H and O–H groups in total. The van der Waals surface area contributed by atoms with E-state index in [1.54, 1.807) is 0 Å². The van der Waals surface area contributed by atoms with Crippen molar-refractivity contribution in [2.24, 2.45) is 0 Å². The molecule has 0 atom stereocenters. The van der Waals surface area contributed by atoms with Gasteiger partial charge in [-0.2, -0.15) is 9.97 Å². The number of aromatic nitrogens is 4. The first kappa shape index (κ1) is 28.6. The van der Waals surface area contributed by atoms with E-state index in [9.17, 15) is 0 Å². The average Bonchev–Trinajstić information content (AvgIpc) is 3.67. The van der Waals surface area contributed by atoms with E-state index in [-0.39, 0.29) is 5.41 Å². The molecule has 0 saturated carbocycles. The third-order valence-corrected chi connectivity index (χ3v) is 10.4. The zero-order valence-electron chi connectivity index (χ0n) is 27.0. The molecule has 0 aliphatic heterocycles. The van der Waals surface area contributed by atoms with Crippen LogP contribution in [-0.2, 0) is 5.41 Å². The highest BCUT2D eigenvalue weighted by atomic mass is 32.1. The Morgan fingerprint density at radius 2 is 1.15 bits per heavy atom. The topological polar surface area (TPSA) is 43.6 Å². The van der Waals surface area contributed by atoms with Crippen LogP contribution in [0.5, 0.6) is 0 Å². The molecule has 0 radical (unpaired) electrons. The van der Waals surface area contributed by atoms with E-state index in [4.69, 9.17) is 15.0 Å². The van der Waals surface area contributed by atoms with Crippen LogP contribution < -0.4 is 0 Å². The summed E-state index contributed by atoms with van der Waals surface area (Å²) < 4.78 is 4.86. The Hall–Kier alpha value is -5.65. The van der Waals surface area contributed by atoms with Crippen LogP contribution in [-0.4, -0.2) is 19.5 Å². The Morgan fingerprint density at radius 3 is 1.77 bits per heavy atom. The second-order valence-corrected chi connectivity index (χ2v) is 14.4. The molecule has 0 saturated heterocycles. The van der Waals surface area contributed by atoms with Gasteiger partial charge in [-0.05, 0) is 40.3 Å². The highest BCUT2D eigenvalue weighted by Gasteiger charge is 2.24. The first-order valence-electron chi connectivity index (χ1n) is 16.3. The number of fused-ring (bicyclic) bond motifs is 7. The number of rotatable bonds is 4. The lowest BCUT2D eigenvalue weighted by Gasteiger charge is -2.19. The molecular formula is C43H32N4S. The summed E-state index contributed by atoms with van der Waals surface area (Å²) in [5.41, 5.74) is 7.83. The van der Waals surface area contributed by atoms with Gasteiger partial charge in [-0.15, -0.1) is 11.3 Å². The summed E-state index contributed by atoms with van der Waals surface area (Å²) in [6.07, 6.45) is 0. The minimum Gasteiger partial charge on any atom is -0.277 e. The van der Waals surface area contributed by atoms with Gasteiger partial charge in [0.15, 0.2) is 11.6 Å². The standard InChI is InChI=1S/C43H32N4S/c1-43(2,3)34-21-13-20-32-37-36(48-39(32)34)25-23-31-33-26-30(27-14-7-4-8-15-27)22-24-35(33)47(38(31)37)42-45-40(28-16-9-5-10-17-28)44-41(46-42)29-18-11-6-12-19-29/h4-26H,1-3H3. The molecule has 0 spiro atoms. The summed E-state index contributed by atoms with van der Waals surface area (Å²) in [6, 6.07) is 49.1. The van der Waals surface area contributed by atoms with Gasteiger partial charge in [0.05, 0.1) is 11.0 Å². The summed E-state index contributed by atoms with van der Waals surface area (Å²) in [5.74, 6) is 1.90. The Morgan fingerprint density at radius 1 is 0.521 bits per heavy atom. The van der Waals surface area contributed by atoms with Crippen LogP contribution in [0.1, 0.15) is 26.3 Å².